The van der Waals surface area contributed by atoms with Gasteiger partial charge in [-0.3, -0.25) is 9.59 Å². The molecule has 18 heavy (non-hydrogen) atoms. The fourth-order valence-corrected chi connectivity index (χ4v) is 1.79. The van der Waals surface area contributed by atoms with Crippen molar-refractivity contribution < 1.29 is 33.0 Å². The standard InChI is InChI=1S/C11H15FO6/c1-5-8(4-13)10(17-6(2)14)9(12)11(16-5)18-7(3)15/h4-5,8-11H,1-3H3/t5-,8+,9-,10+,11?/m0/s1. The Morgan fingerprint density at radius 3 is 2.22 bits per heavy atom. The van der Waals surface area contributed by atoms with Crippen molar-refractivity contribution >= 4 is 18.2 Å². The molecule has 0 radical (unpaired) electrons. The summed E-state index contributed by atoms with van der Waals surface area (Å²) in [6.07, 6.45) is -4.94. The number of aldehydes is 1. The number of hydrogen-bond acceptors (Lipinski definition) is 6. The second-order valence-electron chi connectivity index (χ2n) is 4.05. The minimum atomic E-state index is -1.90. The zero-order valence-electron chi connectivity index (χ0n) is 10.3. The van der Waals surface area contributed by atoms with Gasteiger partial charge in [-0.15, -0.1) is 0 Å². The van der Waals surface area contributed by atoms with Gasteiger partial charge in [-0.2, -0.15) is 0 Å². The van der Waals surface area contributed by atoms with E-state index in [1.54, 1.807) is 0 Å². The molecule has 0 aliphatic carbocycles. The van der Waals surface area contributed by atoms with Crippen molar-refractivity contribution in [3.8, 4) is 0 Å². The molecule has 0 bridgehead atoms. The molecule has 0 aromatic carbocycles. The Bertz CT molecular complexity index is 344. The van der Waals surface area contributed by atoms with Crippen LogP contribution in [0.25, 0.3) is 0 Å². The fraction of sp³-hybridized carbons (Fsp3) is 0.727. The van der Waals surface area contributed by atoms with Crippen LogP contribution >= 0.6 is 0 Å². The Hall–Kier alpha value is -1.50. The zero-order chi connectivity index (χ0) is 13.9. The van der Waals surface area contributed by atoms with E-state index >= 15 is 0 Å². The van der Waals surface area contributed by atoms with Crippen molar-refractivity contribution in [2.75, 3.05) is 0 Å². The van der Waals surface area contributed by atoms with Crippen LogP contribution in [0.1, 0.15) is 20.8 Å². The Labute approximate surface area is 103 Å². The highest BCUT2D eigenvalue weighted by atomic mass is 19.1. The average molecular weight is 262 g/mol. The zero-order valence-corrected chi connectivity index (χ0v) is 10.3. The van der Waals surface area contributed by atoms with Crippen LogP contribution in [0.15, 0.2) is 0 Å². The van der Waals surface area contributed by atoms with Gasteiger partial charge in [0.05, 0.1) is 12.0 Å². The van der Waals surface area contributed by atoms with Gasteiger partial charge in [0, 0.05) is 13.8 Å². The Morgan fingerprint density at radius 2 is 1.78 bits per heavy atom. The molecule has 0 spiro atoms. The van der Waals surface area contributed by atoms with Gasteiger partial charge in [0.2, 0.25) is 6.29 Å². The Morgan fingerprint density at radius 1 is 1.22 bits per heavy atom. The molecule has 0 amide bonds. The van der Waals surface area contributed by atoms with E-state index in [0.717, 1.165) is 13.8 Å². The summed E-state index contributed by atoms with van der Waals surface area (Å²) in [6, 6.07) is 0. The van der Waals surface area contributed by atoms with Crippen LogP contribution in [0.5, 0.6) is 0 Å². The topological polar surface area (TPSA) is 78.9 Å². The molecule has 5 atom stereocenters. The molecular formula is C11H15FO6. The van der Waals surface area contributed by atoms with Crippen LogP contribution in [-0.2, 0) is 28.6 Å². The fourth-order valence-electron chi connectivity index (χ4n) is 1.79. The summed E-state index contributed by atoms with van der Waals surface area (Å²) in [5, 5.41) is 0. The minimum Gasteiger partial charge on any atom is -0.458 e. The Balaban J connectivity index is 2.88. The van der Waals surface area contributed by atoms with Crippen molar-refractivity contribution in [2.24, 2.45) is 5.92 Å². The third-order valence-electron chi connectivity index (χ3n) is 2.59. The van der Waals surface area contributed by atoms with Gasteiger partial charge < -0.3 is 19.0 Å². The number of hydrogen-bond donors (Lipinski definition) is 0. The maximum atomic E-state index is 14.0. The van der Waals surface area contributed by atoms with E-state index in [4.69, 9.17) is 9.47 Å². The van der Waals surface area contributed by atoms with Gasteiger partial charge in [0.1, 0.15) is 6.29 Å². The van der Waals surface area contributed by atoms with Gasteiger partial charge in [-0.25, -0.2) is 4.39 Å². The van der Waals surface area contributed by atoms with Crippen LogP contribution in [-0.4, -0.2) is 42.9 Å². The van der Waals surface area contributed by atoms with E-state index in [1.807, 2.05) is 0 Å². The molecule has 102 valence electrons. The van der Waals surface area contributed by atoms with E-state index in [9.17, 15) is 18.8 Å². The molecule has 0 saturated carbocycles. The first kappa shape index (κ1) is 14.6. The summed E-state index contributed by atoms with van der Waals surface area (Å²) in [5.74, 6) is -2.37. The molecule has 7 heteroatoms. The van der Waals surface area contributed by atoms with E-state index in [-0.39, 0.29) is 0 Å². The van der Waals surface area contributed by atoms with E-state index in [2.05, 4.69) is 4.74 Å². The van der Waals surface area contributed by atoms with Crippen molar-refractivity contribution in [1.82, 2.24) is 0 Å². The number of halogens is 1. The third kappa shape index (κ3) is 3.25. The molecule has 1 saturated heterocycles. The monoisotopic (exact) mass is 262 g/mol. The van der Waals surface area contributed by atoms with Crippen LogP contribution in [0, 0.1) is 5.92 Å². The van der Waals surface area contributed by atoms with E-state index in [0.29, 0.717) is 6.29 Å². The number of carbonyl (C=O) groups excluding carboxylic acids is 3. The summed E-state index contributed by atoms with van der Waals surface area (Å²) in [4.78, 5) is 32.6. The first-order valence-electron chi connectivity index (χ1n) is 5.46. The number of alkyl halides is 1. The van der Waals surface area contributed by atoms with Crippen molar-refractivity contribution in [3.63, 3.8) is 0 Å². The normalized spacial score (nSPS) is 35.7. The predicted molar refractivity (Wildman–Crippen MR) is 56.1 cm³/mol. The summed E-state index contributed by atoms with van der Waals surface area (Å²) in [5.41, 5.74) is 0. The summed E-state index contributed by atoms with van der Waals surface area (Å²) < 4.78 is 28.5. The van der Waals surface area contributed by atoms with Gasteiger partial charge in [0.25, 0.3) is 0 Å². The maximum Gasteiger partial charge on any atom is 0.305 e. The first-order valence-corrected chi connectivity index (χ1v) is 5.46. The van der Waals surface area contributed by atoms with Crippen molar-refractivity contribution in [3.05, 3.63) is 0 Å². The largest absolute Gasteiger partial charge is 0.458 e. The lowest BCUT2D eigenvalue weighted by atomic mass is 9.91. The number of rotatable bonds is 3. The maximum absolute atomic E-state index is 14.0. The SMILES string of the molecule is CC(=O)OC1O[C@@H](C)[C@@H](C=O)[C@@H](OC(C)=O)[C@@H]1F. The van der Waals surface area contributed by atoms with Gasteiger partial charge in [-0.1, -0.05) is 0 Å². The molecule has 1 aliphatic heterocycles. The first-order chi connectivity index (χ1) is 8.36. The molecule has 0 aromatic rings. The number of ether oxygens (including phenoxy) is 3. The minimum absolute atomic E-state index is 0.467. The van der Waals surface area contributed by atoms with Crippen LogP contribution < -0.4 is 0 Å². The average Bonchev–Trinajstić information content (AvgIpc) is 2.24. The highest BCUT2D eigenvalue weighted by Crippen LogP contribution is 2.30. The molecule has 1 rings (SSSR count). The third-order valence-corrected chi connectivity index (χ3v) is 2.59. The quantitative estimate of drug-likeness (QED) is 0.540. The molecule has 1 aliphatic rings. The molecule has 1 heterocycles. The van der Waals surface area contributed by atoms with Gasteiger partial charge in [-0.05, 0) is 6.92 Å². The van der Waals surface area contributed by atoms with E-state index in [1.165, 1.54) is 6.92 Å². The van der Waals surface area contributed by atoms with Crippen LogP contribution in [0.2, 0.25) is 0 Å². The molecule has 1 fully saturated rings. The number of esters is 2. The predicted octanol–water partition coefficient (Wildman–Crippen LogP) is 0.379. The van der Waals surface area contributed by atoms with Gasteiger partial charge >= 0.3 is 11.9 Å². The summed E-state index contributed by atoms with van der Waals surface area (Å²) >= 11 is 0. The van der Waals surface area contributed by atoms with Crippen molar-refractivity contribution in [2.45, 2.75) is 45.4 Å². The smallest absolute Gasteiger partial charge is 0.305 e. The Kier molecular flexibility index (Phi) is 4.77. The van der Waals surface area contributed by atoms with Gasteiger partial charge in [0.15, 0.2) is 12.3 Å². The molecule has 0 N–H and O–H groups in total. The second kappa shape index (κ2) is 5.90. The highest BCUT2D eigenvalue weighted by molar-refractivity contribution is 5.67. The second-order valence-corrected chi connectivity index (χ2v) is 4.05. The van der Waals surface area contributed by atoms with Crippen LogP contribution in [0.4, 0.5) is 4.39 Å². The molecular weight excluding hydrogens is 247 g/mol. The molecule has 0 aromatic heterocycles. The molecule has 1 unspecified atom stereocenters. The highest BCUT2D eigenvalue weighted by Gasteiger charge is 2.48. The van der Waals surface area contributed by atoms with Crippen LogP contribution in [0.3, 0.4) is 0 Å². The lowest BCUT2D eigenvalue weighted by Gasteiger charge is -2.39. The number of carbonyl (C=O) groups is 3. The summed E-state index contributed by atoms with van der Waals surface area (Å²) in [6.45, 7) is 3.72. The van der Waals surface area contributed by atoms with E-state index < -0.39 is 42.5 Å². The summed E-state index contributed by atoms with van der Waals surface area (Å²) in [7, 11) is 0. The lowest BCUT2D eigenvalue weighted by Crippen LogP contribution is -2.55. The molecule has 6 nitrogen and oxygen atoms in total. The van der Waals surface area contributed by atoms with Crippen molar-refractivity contribution in [1.29, 1.82) is 0 Å². The lowest BCUT2D eigenvalue weighted by molar-refractivity contribution is -0.255.